The maximum absolute atomic E-state index is 11.6. The van der Waals surface area contributed by atoms with Crippen LogP contribution in [0.2, 0.25) is 5.02 Å². The van der Waals surface area contributed by atoms with Crippen LogP contribution in [0.15, 0.2) is 24.3 Å². The zero-order valence-electron chi connectivity index (χ0n) is 11.2. The van der Waals surface area contributed by atoms with Crippen LogP contribution in [0, 0.1) is 5.92 Å². The minimum Gasteiger partial charge on any atom is -0.484 e. The summed E-state index contributed by atoms with van der Waals surface area (Å²) in [4.78, 5) is 11.6. The van der Waals surface area contributed by atoms with Crippen molar-refractivity contribution >= 4 is 29.1 Å². The highest BCUT2D eigenvalue weighted by molar-refractivity contribution is 6.30. The molecular formula is C14H19Cl2NO2. The molecule has 0 aliphatic rings. The molecule has 0 aromatic heterocycles. The fourth-order valence-corrected chi connectivity index (χ4v) is 2.19. The highest BCUT2D eigenvalue weighted by Gasteiger charge is 2.09. The predicted molar refractivity (Wildman–Crippen MR) is 79.1 cm³/mol. The molecule has 106 valence electrons. The number of benzene rings is 1. The number of hydrogen-bond acceptors (Lipinski definition) is 2. The lowest BCUT2D eigenvalue weighted by atomic mass is 10.1. The maximum atomic E-state index is 11.6. The second-order valence-electron chi connectivity index (χ2n) is 4.78. The average molecular weight is 304 g/mol. The third-order valence-corrected chi connectivity index (χ3v) is 2.98. The van der Waals surface area contributed by atoms with Gasteiger partial charge >= 0.3 is 0 Å². The molecule has 0 bridgehead atoms. The fraction of sp³-hybridized carbons (Fsp3) is 0.500. The highest BCUT2D eigenvalue weighted by Crippen LogP contribution is 2.16. The monoisotopic (exact) mass is 303 g/mol. The molecule has 1 aromatic rings. The zero-order chi connectivity index (χ0) is 14.3. The van der Waals surface area contributed by atoms with Crippen LogP contribution in [0.4, 0.5) is 0 Å². The minimum atomic E-state index is -0.186. The Labute approximate surface area is 124 Å². The Kier molecular flexibility index (Phi) is 7.03. The van der Waals surface area contributed by atoms with Crippen molar-refractivity contribution in [3.8, 4) is 5.75 Å². The van der Waals surface area contributed by atoms with Crippen LogP contribution >= 0.6 is 23.2 Å². The molecule has 1 atom stereocenters. The Bertz CT molecular complexity index is 410. The molecule has 0 spiro atoms. The molecule has 0 radical (unpaired) electrons. The van der Waals surface area contributed by atoms with Crippen molar-refractivity contribution in [2.24, 2.45) is 5.92 Å². The molecule has 0 saturated carbocycles. The predicted octanol–water partition coefficient (Wildman–Crippen LogP) is 3.49. The first-order chi connectivity index (χ1) is 8.97. The Morgan fingerprint density at radius 1 is 1.42 bits per heavy atom. The lowest BCUT2D eigenvalue weighted by molar-refractivity contribution is -0.123. The van der Waals surface area contributed by atoms with Gasteiger partial charge in [-0.1, -0.05) is 31.5 Å². The smallest absolute Gasteiger partial charge is 0.257 e. The van der Waals surface area contributed by atoms with E-state index >= 15 is 0 Å². The second kappa shape index (κ2) is 8.28. The molecule has 0 saturated heterocycles. The molecule has 3 nitrogen and oxygen atoms in total. The number of rotatable bonds is 7. The van der Waals surface area contributed by atoms with E-state index in [1.807, 2.05) is 0 Å². The van der Waals surface area contributed by atoms with E-state index in [0.29, 0.717) is 23.2 Å². The number of alkyl halides is 1. The summed E-state index contributed by atoms with van der Waals surface area (Å²) in [5.74, 6) is 0.906. The summed E-state index contributed by atoms with van der Waals surface area (Å²) in [6.45, 7) is 4.61. The molecule has 1 N–H and O–H groups in total. The fourth-order valence-electron chi connectivity index (χ4n) is 1.58. The second-order valence-corrected chi connectivity index (χ2v) is 5.83. The molecule has 1 aromatic carbocycles. The third kappa shape index (κ3) is 7.28. The maximum Gasteiger partial charge on any atom is 0.257 e. The number of ether oxygens (including phenoxy) is 1. The number of amides is 1. The van der Waals surface area contributed by atoms with E-state index in [4.69, 9.17) is 27.9 Å². The lowest BCUT2D eigenvalue weighted by Crippen LogP contribution is -2.33. The van der Waals surface area contributed by atoms with Crippen LogP contribution in [-0.4, -0.2) is 24.4 Å². The molecule has 1 unspecified atom stereocenters. The van der Waals surface area contributed by atoms with Crippen molar-refractivity contribution in [2.75, 3.05) is 13.2 Å². The van der Waals surface area contributed by atoms with E-state index in [9.17, 15) is 4.79 Å². The van der Waals surface area contributed by atoms with Crippen LogP contribution in [0.5, 0.6) is 5.75 Å². The van der Waals surface area contributed by atoms with E-state index in [1.54, 1.807) is 24.3 Å². The molecule has 0 fully saturated rings. The number of nitrogens with one attached hydrogen (secondary N) is 1. The van der Waals surface area contributed by atoms with Gasteiger partial charge in [0.25, 0.3) is 5.91 Å². The zero-order valence-corrected chi connectivity index (χ0v) is 12.7. The first kappa shape index (κ1) is 16.1. The number of hydrogen-bond donors (Lipinski definition) is 1. The first-order valence-corrected chi connectivity index (χ1v) is 7.08. The van der Waals surface area contributed by atoms with Crippen LogP contribution in [-0.2, 0) is 4.79 Å². The summed E-state index contributed by atoms with van der Waals surface area (Å²) in [6, 6.07) is 6.94. The Balaban J connectivity index is 2.25. The van der Waals surface area contributed by atoms with Gasteiger partial charge in [0.05, 0.1) is 5.38 Å². The van der Waals surface area contributed by atoms with Gasteiger partial charge < -0.3 is 10.1 Å². The molecule has 1 amide bonds. The number of halogens is 2. The molecule has 19 heavy (non-hydrogen) atoms. The lowest BCUT2D eigenvalue weighted by Gasteiger charge is -2.13. The summed E-state index contributed by atoms with van der Waals surface area (Å²) in [5.41, 5.74) is 0. The van der Waals surface area contributed by atoms with Crippen molar-refractivity contribution < 1.29 is 9.53 Å². The van der Waals surface area contributed by atoms with Crippen LogP contribution in [0.3, 0.4) is 0 Å². The van der Waals surface area contributed by atoms with Gasteiger partial charge in [0, 0.05) is 11.6 Å². The normalized spacial score (nSPS) is 12.3. The van der Waals surface area contributed by atoms with E-state index < -0.39 is 0 Å². The molecule has 1 rings (SSSR count). The topological polar surface area (TPSA) is 38.3 Å². The number of carbonyl (C=O) groups is 1. The van der Waals surface area contributed by atoms with Gasteiger partial charge in [-0.2, -0.15) is 0 Å². The summed E-state index contributed by atoms with van der Waals surface area (Å²) >= 11 is 11.9. The van der Waals surface area contributed by atoms with Crippen LogP contribution < -0.4 is 10.1 Å². The van der Waals surface area contributed by atoms with Crippen LogP contribution in [0.1, 0.15) is 20.3 Å². The molecule has 5 heteroatoms. The van der Waals surface area contributed by atoms with Crippen molar-refractivity contribution in [2.45, 2.75) is 25.6 Å². The molecule has 0 aliphatic carbocycles. The Morgan fingerprint density at radius 3 is 2.79 bits per heavy atom. The third-order valence-electron chi connectivity index (χ3n) is 2.41. The standard InChI is InChI=1S/C14H19Cl2NO2/c1-10(2)6-12(16)8-17-14(18)9-19-13-5-3-4-11(15)7-13/h3-5,7,10,12H,6,8-9H2,1-2H3,(H,17,18). The summed E-state index contributed by atoms with van der Waals surface area (Å²) < 4.78 is 5.32. The van der Waals surface area contributed by atoms with Crippen molar-refractivity contribution in [3.05, 3.63) is 29.3 Å². The summed E-state index contributed by atoms with van der Waals surface area (Å²) in [5, 5.41) is 3.28. The van der Waals surface area contributed by atoms with E-state index in [0.717, 1.165) is 6.42 Å². The first-order valence-electron chi connectivity index (χ1n) is 6.26. The van der Waals surface area contributed by atoms with E-state index in [2.05, 4.69) is 19.2 Å². The van der Waals surface area contributed by atoms with Gasteiger partial charge in [0.2, 0.25) is 0 Å². The summed E-state index contributed by atoms with van der Waals surface area (Å²) in [6.07, 6.45) is 0.872. The highest BCUT2D eigenvalue weighted by atomic mass is 35.5. The molecular weight excluding hydrogens is 285 g/mol. The Morgan fingerprint density at radius 2 is 2.16 bits per heavy atom. The molecule has 0 aliphatic heterocycles. The van der Waals surface area contributed by atoms with Gasteiger partial charge in [-0.15, -0.1) is 11.6 Å². The van der Waals surface area contributed by atoms with Crippen molar-refractivity contribution in [1.82, 2.24) is 5.32 Å². The van der Waals surface area contributed by atoms with Gasteiger partial charge in [0.1, 0.15) is 5.75 Å². The largest absolute Gasteiger partial charge is 0.484 e. The SMILES string of the molecule is CC(C)CC(Cl)CNC(=O)COc1cccc(Cl)c1. The number of carbonyl (C=O) groups excluding carboxylic acids is 1. The van der Waals surface area contributed by atoms with Gasteiger partial charge in [0.15, 0.2) is 6.61 Å². The van der Waals surface area contributed by atoms with Gasteiger partial charge in [-0.3, -0.25) is 4.79 Å². The Hall–Kier alpha value is -0.930. The van der Waals surface area contributed by atoms with Gasteiger partial charge in [-0.25, -0.2) is 0 Å². The van der Waals surface area contributed by atoms with Crippen molar-refractivity contribution in [1.29, 1.82) is 0 Å². The molecule has 0 heterocycles. The van der Waals surface area contributed by atoms with Crippen LogP contribution in [0.25, 0.3) is 0 Å². The average Bonchev–Trinajstić information content (AvgIpc) is 2.33. The van der Waals surface area contributed by atoms with E-state index in [-0.39, 0.29) is 17.9 Å². The van der Waals surface area contributed by atoms with Gasteiger partial charge in [-0.05, 0) is 30.5 Å². The minimum absolute atomic E-state index is 0.0361. The van der Waals surface area contributed by atoms with Crippen molar-refractivity contribution in [3.63, 3.8) is 0 Å². The van der Waals surface area contributed by atoms with E-state index in [1.165, 1.54) is 0 Å². The quantitative estimate of drug-likeness (QED) is 0.783. The summed E-state index contributed by atoms with van der Waals surface area (Å²) in [7, 11) is 0.